The van der Waals surface area contributed by atoms with Crippen molar-refractivity contribution >= 4 is 18.0 Å². The maximum absolute atomic E-state index is 11.9. The number of carboxylic acids is 1. The van der Waals surface area contributed by atoms with E-state index in [4.69, 9.17) is 9.47 Å². The first-order valence-corrected chi connectivity index (χ1v) is 8.91. The quantitative estimate of drug-likeness (QED) is 0.433. The molecule has 0 unspecified atom stereocenters. The molecule has 0 aromatic heterocycles. The lowest BCUT2D eigenvalue weighted by Gasteiger charge is -2.23. The van der Waals surface area contributed by atoms with Crippen molar-refractivity contribution < 1.29 is 29.0 Å². The molecule has 0 heterocycles. The molecule has 3 atom stereocenters. The summed E-state index contributed by atoms with van der Waals surface area (Å²) >= 11 is 0. The van der Waals surface area contributed by atoms with Crippen molar-refractivity contribution in [1.82, 2.24) is 5.32 Å². The maximum Gasteiger partial charge on any atom is 0.410 e. The number of carbonyl (C=O) groups is 3. The number of hydrogen-bond donors (Lipinski definition) is 2. The van der Waals surface area contributed by atoms with Gasteiger partial charge in [-0.2, -0.15) is 0 Å². The fourth-order valence-electron chi connectivity index (χ4n) is 2.58. The third-order valence-corrected chi connectivity index (χ3v) is 3.89. The number of alkyl carbamates (subject to hydrolysis) is 1. The van der Waals surface area contributed by atoms with Gasteiger partial charge < -0.3 is 19.9 Å². The zero-order valence-corrected chi connectivity index (χ0v) is 16.2. The van der Waals surface area contributed by atoms with Crippen LogP contribution in [-0.4, -0.2) is 36.0 Å². The second-order valence-electron chi connectivity index (χ2n) is 7.18. The number of rotatable bonds is 11. The molecular weight excluding hydrogens is 326 g/mol. The van der Waals surface area contributed by atoms with Crippen LogP contribution in [0.4, 0.5) is 4.79 Å². The summed E-state index contributed by atoms with van der Waals surface area (Å²) < 4.78 is 9.99. The Labute approximate surface area is 150 Å². The molecule has 0 saturated heterocycles. The topological polar surface area (TPSA) is 102 Å². The minimum atomic E-state index is -0.995. The minimum absolute atomic E-state index is 0.0202. The van der Waals surface area contributed by atoms with E-state index in [1.807, 2.05) is 6.92 Å². The van der Waals surface area contributed by atoms with Gasteiger partial charge in [0.2, 0.25) is 0 Å². The molecule has 0 aromatic carbocycles. The van der Waals surface area contributed by atoms with Gasteiger partial charge in [-0.15, -0.1) is 0 Å². The molecule has 146 valence electrons. The Bertz CT molecular complexity index is 435. The molecule has 0 spiro atoms. The van der Waals surface area contributed by atoms with Crippen LogP contribution in [0, 0.1) is 23.7 Å². The predicted octanol–water partition coefficient (Wildman–Crippen LogP) is 3.42. The number of amides is 1. The van der Waals surface area contributed by atoms with Crippen LogP contribution < -0.4 is 5.32 Å². The highest BCUT2D eigenvalue weighted by molar-refractivity contribution is 5.72. The molecule has 0 aliphatic rings. The first kappa shape index (κ1) is 23.2. The largest absolute Gasteiger partial charge is 0.481 e. The first-order valence-electron chi connectivity index (χ1n) is 8.91. The molecule has 0 bridgehead atoms. The second-order valence-corrected chi connectivity index (χ2v) is 7.18. The normalized spacial score (nSPS) is 14.7. The van der Waals surface area contributed by atoms with Gasteiger partial charge in [-0.25, -0.2) is 4.79 Å². The highest BCUT2D eigenvalue weighted by atomic mass is 16.7. The van der Waals surface area contributed by atoms with Crippen molar-refractivity contribution in [3.63, 3.8) is 0 Å². The van der Waals surface area contributed by atoms with Crippen LogP contribution in [0.15, 0.2) is 0 Å². The second kappa shape index (κ2) is 11.7. The van der Waals surface area contributed by atoms with E-state index in [0.717, 1.165) is 12.8 Å². The molecule has 0 saturated carbocycles. The van der Waals surface area contributed by atoms with E-state index in [1.54, 1.807) is 13.8 Å². The Balaban J connectivity index is 4.61. The summed E-state index contributed by atoms with van der Waals surface area (Å²) in [5.74, 6) is -1.59. The van der Waals surface area contributed by atoms with Gasteiger partial charge in [0, 0.05) is 19.4 Å². The van der Waals surface area contributed by atoms with E-state index < -0.39 is 30.2 Å². The van der Waals surface area contributed by atoms with Crippen molar-refractivity contribution in [3.05, 3.63) is 0 Å². The van der Waals surface area contributed by atoms with E-state index in [0.29, 0.717) is 18.3 Å². The summed E-state index contributed by atoms with van der Waals surface area (Å²) in [5.41, 5.74) is 0. The van der Waals surface area contributed by atoms with Gasteiger partial charge in [-0.05, 0) is 24.7 Å². The van der Waals surface area contributed by atoms with Crippen LogP contribution in [0.2, 0.25) is 0 Å². The van der Waals surface area contributed by atoms with Crippen molar-refractivity contribution in [1.29, 1.82) is 0 Å². The van der Waals surface area contributed by atoms with Gasteiger partial charge in [-0.1, -0.05) is 41.0 Å². The highest BCUT2D eigenvalue weighted by Crippen LogP contribution is 2.23. The molecule has 7 nitrogen and oxygen atoms in total. The van der Waals surface area contributed by atoms with Gasteiger partial charge in [0.25, 0.3) is 6.29 Å². The minimum Gasteiger partial charge on any atom is -0.481 e. The summed E-state index contributed by atoms with van der Waals surface area (Å²) in [4.78, 5) is 34.4. The fraction of sp³-hybridized carbons (Fsp3) is 0.833. The van der Waals surface area contributed by atoms with Crippen LogP contribution in [-0.2, 0) is 19.1 Å². The molecule has 0 aromatic rings. The van der Waals surface area contributed by atoms with Gasteiger partial charge >= 0.3 is 18.0 Å². The molecule has 2 N–H and O–H groups in total. The van der Waals surface area contributed by atoms with Gasteiger partial charge in [0.15, 0.2) is 0 Å². The molecule has 7 heteroatoms. The van der Waals surface area contributed by atoms with Crippen LogP contribution in [0.3, 0.4) is 0 Å². The van der Waals surface area contributed by atoms with Crippen LogP contribution in [0.25, 0.3) is 0 Å². The average molecular weight is 359 g/mol. The lowest BCUT2D eigenvalue weighted by atomic mass is 9.86. The molecule has 25 heavy (non-hydrogen) atoms. The van der Waals surface area contributed by atoms with E-state index in [2.05, 4.69) is 19.2 Å². The zero-order valence-electron chi connectivity index (χ0n) is 16.2. The highest BCUT2D eigenvalue weighted by Gasteiger charge is 2.25. The fourth-order valence-corrected chi connectivity index (χ4v) is 2.58. The SMILES string of the molecule is CC[C@H](CC(C)C)C[C@H](CNC(=O)O[C@H](OC(C)=O)C(C)C)C(=O)O. The van der Waals surface area contributed by atoms with E-state index >= 15 is 0 Å². The lowest BCUT2D eigenvalue weighted by Crippen LogP contribution is -2.38. The number of nitrogens with one attached hydrogen (secondary N) is 1. The smallest absolute Gasteiger partial charge is 0.410 e. The number of carboxylic acid groups (broad SMARTS) is 1. The molecule has 0 aliphatic heterocycles. The Hall–Kier alpha value is -1.79. The Morgan fingerprint density at radius 3 is 2.04 bits per heavy atom. The summed E-state index contributed by atoms with van der Waals surface area (Å²) in [7, 11) is 0. The van der Waals surface area contributed by atoms with Crippen LogP contribution in [0.5, 0.6) is 0 Å². The molecule has 0 fully saturated rings. The Kier molecular flexibility index (Phi) is 10.9. The number of hydrogen-bond acceptors (Lipinski definition) is 5. The van der Waals surface area contributed by atoms with E-state index in [1.165, 1.54) is 6.92 Å². The summed E-state index contributed by atoms with van der Waals surface area (Å²) in [6.07, 6.45) is 0.566. The van der Waals surface area contributed by atoms with Gasteiger partial charge in [-0.3, -0.25) is 9.59 Å². The first-order chi connectivity index (χ1) is 11.6. The summed E-state index contributed by atoms with van der Waals surface area (Å²) in [6, 6.07) is 0. The maximum atomic E-state index is 11.9. The van der Waals surface area contributed by atoms with Crippen molar-refractivity contribution in [2.75, 3.05) is 6.54 Å². The zero-order chi connectivity index (χ0) is 19.6. The third-order valence-electron chi connectivity index (χ3n) is 3.89. The molecule has 0 aliphatic carbocycles. The molecule has 0 rings (SSSR count). The number of ether oxygens (including phenoxy) is 2. The van der Waals surface area contributed by atoms with Crippen LogP contribution >= 0.6 is 0 Å². The van der Waals surface area contributed by atoms with Crippen LogP contribution in [0.1, 0.15) is 60.8 Å². The standard InChI is InChI=1S/C18H33NO6/c1-7-14(8-11(2)3)9-15(16(21)22)10-19-18(23)25-17(12(4)5)24-13(6)20/h11-12,14-15,17H,7-10H2,1-6H3,(H,19,23)(H,21,22)/t14-,15-,17+/m1/s1. The Morgan fingerprint density at radius 1 is 1.04 bits per heavy atom. The van der Waals surface area contributed by atoms with Gasteiger partial charge in [0.05, 0.1) is 5.92 Å². The monoisotopic (exact) mass is 359 g/mol. The summed E-state index contributed by atoms with van der Waals surface area (Å²) in [5, 5.41) is 11.9. The van der Waals surface area contributed by atoms with Crippen molar-refractivity contribution in [3.8, 4) is 0 Å². The van der Waals surface area contributed by atoms with Gasteiger partial charge in [0.1, 0.15) is 0 Å². The van der Waals surface area contributed by atoms with Crippen molar-refractivity contribution in [2.24, 2.45) is 23.7 Å². The Morgan fingerprint density at radius 2 is 1.64 bits per heavy atom. The predicted molar refractivity (Wildman–Crippen MR) is 93.9 cm³/mol. The molecule has 0 radical (unpaired) electrons. The molecule has 1 amide bonds. The number of esters is 1. The molecular formula is C18H33NO6. The van der Waals surface area contributed by atoms with E-state index in [-0.39, 0.29) is 12.5 Å². The summed E-state index contributed by atoms with van der Waals surface area (Å²) in [6.45, 7) is 11.0. The lowest BCUT2D eigenvalue weighted by molar-refractivity contribution is -0.172. The number of carbonyl (C=O) groups excluding carboxylic acids is 2. The third kappa shape index (κ3) is 10.6. The number of aliphatic carboxylic acids is 1. The average Bonchev–Trinajstić information content (AvgIpc) is 2.48. The van der Waals surface area contributed by atoms with Crippen molar-refractivity contribution in [2.45, 2.75) is 67.1 Å². The van der Waals surface area contributed by atoms with E-state index in [9.17, 15) is 19.5 Å².